The fourth-order valence-electron chi connectivity index (χ4n) is 3.07. The van der Waals surface area contributed by atoms with Crippen LogP contribution in [-0.2, 0) is 9.53 Å². The van der Waals surface area contributed by atoms with E-state index in [4.69, 9.17) is 9.37 Å². The number of nitrogens with zero attached hydrogens (tertiary/aromatic N) is 3. The molecular weight excluding hydrogens is 328 g/mol. The molecule has 1 atom stereocenters. The molecule has 130 valence electrons. The van der Waals surface area contributed by atoms with Crippen molar-refractivity contribution in [2.24, 2.45) is 0 Å². The van der Waals surface area contributed by atoms with Crippen molar-refractivity contribution in [2.75, 3.05) is 6.61 Å². The summed E-state index contributed by atoms with van der Waals surface area (Å²) in [6, 6.07) is 5.04. The summed E-state index contributed by atoms with van der Waals surface area (Å²) < 4.78 is 9.87. The standard InChI is InChI=1S/C16H16N4O5/c1-4-24-16(21)12-8(2)17-9(3)15(20(22)23)13(12)10-6-5-7-11-14(10)19-25-18-11/h5-7,13,17H,4H2,1-3H3. The normalized spacial score (nSPS) is 17.6. The van der Waals surface area contributed by atoms with Gasteiger partial charge in [0.25, 0.3) is 5.70 Å². The van der Waals surface area contributed by atoms with Crippen molar-refractivity contribution in [1.82, 2.24) is 15.6 Å². The molecule has 2 aromatic rings. The summed E-state index contributed by atoms with van der Waals surface area (Å²) >= 11 is 0. The Bertz CT molecular complexity index is 928. The topological polar surface area (TPSA) is 120 Å². The van der Waals surface area contributed by atoms with Gasteiger partial charge in [0.2, 0.25) is 0 Å². The minimum Gasteiger partial charge on any atom is -0.463 e. The number of nitro groups is 1. The number of rotatable bonds is 4. The molecule has 0 aliphatic carbocycles. The number of nitrogens with one attached hydrogen (secondary N) is 1. The number of hydrogen-bond acceptors (Lipinski definition) is 8. The van der Waals surface area contributed by atoms with Gasteiger partial charge in [-0.3, -0.25) is 10.1 Å². The van der Waals surface area contributed by atoms with E-state index in [0.29, 0.717) is 28.0 Å². The lowest BCUT2D eigenvalue weighted by Crippen LogP contribution is -2.31. The lowest BCUT2D eigenvalue weighted by atomic mass is 9.83. The van der Waals surface area contributed by atoms with E-state index in [1.54, 1.807) is 39.0 Å². The van der Waals surface area contributed by atoms with Crippen molar-refractivity contribution in [2.45, 2.75) is 26.7 Å². The molecule has 0 bridgehead atoms. The molecule has 1 N–H and O–H groups in total. The Labute approximate surface area is 142 Å². The van der Waals surface area contributed by atoms with Crippen LogP contribution in [0.3, 0.4) is 0 Å². The molecule has 0 radical (unpaired) electrons. The Morgan fingerprint density at radius 1 is 1.36 bits per heavy atom. The van der Waals surface area contributed by atoms with Crippen LogP contribution in [0.25, 0.3) is 11.0 Å². The number of carbonyl (C=O) groups is 1. The fraction of sp³-hybridized carbons (Fsp3) is 0.312. The maximum atomic E-state index is 12.5. The Morgan fingerprint density at radius 2 is 2.12 bits per heavy atom. The van der Waals surface area contributed by atoms with Crippen molar-refractivity contribution in [3.8, 4) is 0 Å². The molecule has 25 heavy (non-hydrogen) atoms. The Morgan fingerprint density at radius 3 is 2.80 bits per heavy atom. The summed E-state index contributed by atoms with van der Waals surface area (Å²) in [6.45, 7) is 5.11. The zero-order valence-corrected chi connectivity index (χ0v) is 13.9. The van der Waals surface area contributed by atoms with Gasteiger partial charge >= 0.3 is 5.97 Å². The van der Waals surface area contributed by atoms with Crippen LogP contribution in [-0.4, -0.2) is 27.8 Å². The second-order valence-electron chi connectivity index (χ2n) is 5.56. The van der Waals surface area contributed by atoms with E-state index >= 15 is 0 Å². The van der Waals surface area contributed by atoms with E-state index in [1.165, 1.54) is 0 Å². The van der Waals surface area contributed by atoms with E-state index in [0.717, 1.165) is 0 Å². The third-order valence-electron chi connectivity index (χ3n) is 4.05. The molecule has 3 rings (SSSR count). The molecule has 0 amide bonds. The predicted molar refractivity (Wildman–Crippen MR) is 86.7 cm³/mol. The van der Waals surface area contributed by atoms with Crippen LogP contribution < -0.4 is 5.32 Å². The first-order valence-electron chi connectivity index (χ1n) is 7.67. The molecule has 1 unspecified atom stereocenters. The smallest absolute Gasteiger partial charge is 0.336 e. The number of fused-ring (bicyclic) bond motifs is 1. The second-order valence-corrected chi connectivity index (χ2v) is 5.56. The predicted octanol–water partition coefficient (Wildman–Crippen LogP) is 2.25. The van der Waals surface area contributed by atoms with Crippen LogP contribution in [0.1, 0.15) is 32.3 Å². The summed E-state index contributed by atoms with van der Waals surface area (Å²) in [5.41, 5.74) is 2.19. The Balaban J connectivity index is 2.28. The Hall–Kier alpha value is -3.23. The number of aromatic nitrogens is 2. The summed E-state index contributed by atoms with van der Waals surface area (Å²) in [6.07, 6.45) is 0. The molecule has 9 nitrogen and oxygen atoms in total. The molecule has 1 aliphatic rings. The van der Waals surface area contributed by atoms with Gasteiger partial charge in [-0.1, -0.05) is 12.1 Å². The number of benzene rings is 1. The average Bonchev–Trinajstić information content (AvgIpc) is 3.02. The highest BCUT2D eigenvalue weighted by Gasteiger charge is 2.42. The van der Waals surface area contributed by atoms with Crippen molar-refractivity contribution in [3.63, 3.8) is 0 Å². The third kappa shape index (κ3) is 2.73. The molecule has 9 heteroatoms. The second kappa shape index (κ2) is 6.34. The number of dihydropyridines is 1. The largest absolute Gasteiger partial charge is 0.463 e. The monoisotopic (exact) mass is 344 g/mol. The third-order valence-corrected chi connectivity index (χ3v) is 4.05. The molecule has 1 aromatic heterocycles. The molecular formula is C16H16N4O5. The van der Waals surface area contributed by atoms with Gasteiger partial charge in [0.1, 0.15) is 17.0 Å². The summed E-state index contributed by atoms with van der Waals surface area (Å²) in [7, 11) is 0. The fourth-order valence-corrected chi connectivity index (χ4v) is 3.07. The van der Waals surface area contributed by atoms with Crippen LogP contribution in [0.4, 0.5) is 0 Å². The summed E-state index contributed by atoms with van der Waals surface area (Å²) in [5.74, 6) is -1.55. The van der Waals surface area contributed by atoms with Crippen LogP contribution in [0.2, 0.25) is 0 Å². The van der Waals surface area contributed by atoms with Gasteiger partial charge < -0.3 is 10.1 Å². The van der Waals surface area contributed by atoms with Gasteiger partial charge in [-0.15, -0.1) is 0 Å². The molecule has 0 spiro atoms. The van der Waals surface area contributed by atoms with Crippen molar-refractivity contribution < 1.29 is 19.1 Å². The molecule has 0 saturated carbocycles. The molecule has 0 fully saturated rings. The van der Waals surface area contributed by atoms with Crippen molar-refractivity contribution >= 4 is 17.0 Å². The van der Waals surface area contributed by atoms with Crippen molar-refractivity contribution in [1.29, 1.82) is 0 Å². The van der Waals surface area contributed by atoms with Crippen LogP contribution in [0.15, 0.2) is 45.5 Å². The van der Waals surface area contributed by atoms with Crippen LogP contribution in [0, 0.1) is 10.1 Å². The summed E-state index contributed by atoms with van der Waals surface area (Å²) in [4.78, 5) is 23.8. The maximum Gasteiger partial charge on any atom is 0.336 e. The number of ether oxygens (including phenoxy) is 1. The van der Waals surface area contributed by atoms with E-state index < -0.39 is 16.8 Å². The minimum absolute atomic E-state index is 0.135. The van der Waals surface area contributed by atoms with Crippen molar-refractivity contribution in [3.05, 3.63) is 56.5 Å². The zero-order chi connectivity index (χ0) is 18.1. The van der Waals surface area contributed by atoms with E-state index in [-0.39, 0.29) is 17.9 Å². The first-order chi connectivity index (χ1) is 12.0. The van der Waals surface area contributed by atoms with E-state index in [1.807, 2.05) is 0 Å². The molecule has 2 heterocycles. The summed E-state index contributed by atoms with van der Waals surface area (Å²) in [5, 5.41) is 22.2. The highest BCUT2D eigenvalue weighted by molar-refractivity contribution is 5.94. The van der Waals surface area contributed by atoms with Gasteiger partial charge in [0, 0.05) is 11.3 Å². The molecule has 0 saturated heterocycles. The van der Waals surface area contributed by atoms with Gasteiger partial charge in [-0.25, -0.2) is 9.42 Å². The highest BCUT2D eigenvalue weighted by atomic mass is 16.6. The van der Waals surface area contributed by atoms with Crippen LogP contribution in [0.5, 0.6) is 0 Å². The lowest BCUT2D eigenvalue weighted by molar-refractivity contribution is -0.431. The number of esters is 1. The van der Waals surface area contributed by atoms with Gasteiger partial charge in [-0.2, -0.15) is 0 Å². The number of carbonyl (C=O) groups excluding carboxylic acids is 1. The first-order valence-corrected chi connectivity index (χ1v) is 7.67. The van der Waals surface area contributed by atoms with Gasteiger partial charge in [0.05, 0.1) is 22.8 Å². The van der Waals surface area contributed by atoms with Gasteiger partial charge in [0.15, 0.2) is 0 Å². The number of hydrogen-bond donors (Lipinski definition) is 1. The molecule has 1 aliphatic heterocycles. The quantitative estimate of drug-likeness (QED) is 0.509. The zero-order valence-electron chi connectivity index (χ0n) is 13.9. The lowest BCUT2D eigenvalue weighted by Gasteiger charge is -2.26. The highest BCUT2D eigenvalue weighted by Crippen LogP contribution is 2.40. The SMILES string of the molecule is CCOC(=O)C1=C(C)NC(C)=C([N+](=O)[O-])C1c1cccc2nonc12. The first kappa shape index (κ1) is 16.6. The maximum absolute atomic E-state index is 12.5. The van der Waals surface area contributed by atoms with E-state index in [9.17, 15) is 14.9 Å². The average molecular weight is 344 g/mol. The van der Waals surface area contributed by atoms with Crippen LogP contribution >= 0.6 is 0 Å². The van der Waals surface area contributed by atoms with E-state index in [2.05, 4.69) is 15.6 Å². The minimum atomic E-state index is -0.939. The van der Waals surface area contributed by atoms with Gasteiger partial charge in [-0.05, 0) is 37.2 Å². The Kier molecular flexibility index (Phi) is 4.22. The number of allylic oxidation sites excluding steroid dienone is 3. The molecule has 1 aromatic carbocycles.